The molecule has 3 amide bonds. The van der Waals surface area contributed by atoms with Crippen LogP contribution in [0, 0.1) is 5.92 Å². The number of nitrogens with one attached hydrogen (secondary N) is 1. The highest BCUT2D eigenvalue weighted by atomic mass is 16.5. The van der Waals surface area contributed by atoms with Crippen molar-refractivity contribution in [1.29, 1.82) is 0 Å². The number of hydrogen-bond donors (Lipinski definition) is 2. The smallest absolute Gasteiger partial charge is 0.360 e. The summed E-state index contributed by atoms with van der Waals surface area (Å²) in [6.45, 7) is 3.30. The van der Waals surface area contributed by atoms with Gasteiger partial charge >= 0.3 is 12.0 Å². The average Bonchev–Trinajstić information content (AvgIpc) is 2.72. The first-order chi connectivity index (χ1) is 14.3. The van der Waals surface area contributed by atoms with Gasteiger partial charge in [0.1, 0.15) is 0 Å². The second-order valence-electron chi connectivity index (χ2n) is 6.87. The Morgan fingerprint density at radius 2 is 1.60 bits per heavy atom. The number of nitrogens with two attached hydrogens (primary N) is 1. The monoisotopic (exact) mass is 408 g/mol. The summed E-state index contributed by atoms with van der Waals surface area (Å²) in [4.78, 5) is 49.1. The highest BCUT2D eigenvalue weighted by Crippen LogP contribution is 2.18. The van der Waals surface area contributed by atoms with Crippen LogP contribution in [0.4, 0.5) is 4.79 Å². The van der Waals surface area contributed by atoms with Crippen molar-refractivity contribution in [3.63, 3.8) is 0 Å². The van der Waals surface area contributed by atoms with Crippen molar-refractivity contribution in [3.05, 3.63) is 70.6 Å². The van der Waals surface area contributed by atoms with Crippen molar-refractivity contribution in [2.24, 2.45) is 11.7 Å². The standard InChI is InChI=1S/C21H20N4O5/c1-12(2)17(18(26)23-21(22)29)30-20(28)16-14-10-6-7-11-15(14)19(27)25(24-16)13-8-4-3-5-9-13/h3-12,17H,1-2H3,(H3,22,23,26,29)/t17-/m1/s1. The zero-order valence-corrected chi connectivity index (χ0v) is 16.4. The van der Waals surface area contributed by atoms with E-state index < -0.39 is 35.5 Å². The van der Waals surface area contributed by atoms with E-state index in [1.165, 1.54) is 0 Å². The lowest BCUT2D eigenvalue weighted by Gasteiger charge is -2.20. The zero-order valence-electron chi connectivity index (χ0n) is 16.4. The first-order valence-corrected chi connectivity index (χ1v) is 9.18. The number of primary amides is 1. The third-order valence-electron chi connectivity index (χ3n) is 4.34. The summed E-state index contributed by atoms with van der Waals surface area (Å²) in [5.41, 5.74) is 4.92. The van der Waals surface area contributed by atoms with Crippen LogP contribution in [-0.4, -0.2) is 33.8 Å². The van der Waals surface area contributed by atoms with Gasteiger partial charge in [-0.1, -0.05) is 50.2 Å². The predicted molar refractivity (Wildman–Crippen MR) is 109 cm³/mol. The average molecular weight is 408 g/mol. The van der Waals surface area contributed by atoms with Gasteiger partial charge < -0.3 is 10.5 Å². The van der Waals surface area contributed by atoms with Gasteiger partial charge in [-0.25, -0.2) is 9.59 Å². The fourth-order valence-corrected chi connectivity index (χ4v) is 2.94. The fourth-order valence-electron chi connectivity index (χ4n) is 2.94. The topological polar surface area (TPSA) is 133 Å². The van der Waals surface area contributed by atoms with Crippen LogP contribution in [0.5, 0.6) is 0 Å². The molecular formula is C21H20N4O5. The van der Waals surface area contributed by atoms with Gasteiger partial charge in [0.05, 0.1) is 11.1 Å². The number of nitrogens with zero attached hydrogens (tertiary/aromatic N) is 2. The Morgan fingerprint density at radius 3 is 2.20 bits per heavy atom. The van der Waals surface area contributed by atoms with Crippen molar-refractivity contribution in [1.82, 2.24) is 15.1 Å². The van der Waals surface area contributed by atoms with Crippen molar-refractivity contribution in [3.8, 4) is 5.69 Å². The molecule has 30 heavy (non-hydrogen) atoms. The molecule has 3 aromatic rings. The number of para-hydroxylation sites is 1. The molecule has 0 saturated heterocycles. The van der Waals surface area contributed by atoms with Gasteiger partial charge in [-0.05, 0) is 24.1 Å². The Labute approximate surface area is 171 Å². The highest BCUT2D eigenvalue weighted by molar-refractivity contribution is 6.04. The van der Waals surface area contributed by atoms with Gasteiger partial charge in [0.2, 0.25) is 0 Å². The minimum atomic E-state index is -1.28. The minimum absolute atomic E-state index is 0.133. The minimum Gasteiger partial charge on any atom is -0.447 e. The zero-order chi connectivity index (χ0) is 21.8. The first kappa shape index (κ1) is 20.7. The molecule has 1 aromatic heterocycles. The molecule has 3 N–H and O–H groups in total. The maximum atomic E-state index is 13.0. The molecule has 0 aliphatic carbocycles. The van der Waals surface area contributed by atoms with E-state index in [0.29, 0.717) is 5.69 Å². The van der Waals surface area contributed by atoms with Crippen molar-refractivity contribution in [2.75, 3.05) is 0 Å². The third-order valence-corrected chi connectivity index (χ3v) is 4.34. The molecule has 0 radical (unpaired) electrons. The molecule has 0 aliphatic heterocycles. The van der Waals surface area contributed by atoms with E-state index in [2.05, 4.69) is 5.10 Å². The number of amides is 3. The van der Waals surface area contributed by atoms with Crippen molar-refractivity contribution < 1.29 is 19.1 Å². The molecule has 2 aromatic carbocycles. The number of hydrogen-bond acceptors (Lipinski definition) is 6. The van der Waals surface area contributed by atoms with Crippen LogP contribution < -0.4 is 16.6 Å². The van der Waals surface area contributed by atoms with E-state index in [1.807, 2.05) is 5.32 Å². The molecule has 154 valence electrons. The Balaban J connectivity index is 2.09. The summed E-state index contributed by atoms with van der Waals surface area (Å²) in [5.74, 6) is -2.19. The van der Waals surface area contributed by atoms with Crippen LogP contribution in [0.15, 0.2) is 59.4 Å². The molecule has 0 bridgehead atoms. The van der Waals surface area contributed by atoms with Crippen molar-refractivity contribution in [2.45, 2.75) is 20.0 Å². The number of benzene rings is 2. The number of ether oxygens (including phenoxy) is 1. The number of aromatic nitrogens is 2. The molecule has 0 fully saturated rings. The van der Waals surface area contributed by atoms with E-state index in [9.17, 15) is 19.2 Å². The molecular weight excluding hydrogens is 388 g/mol. The summed E-state index contributed by atoms with van der Waals surface area (Å²) in [6.07, 6.45) is -1.28. The van der Waals surface area contributed by atoms with Crippen molar-refractivity contribution >= 4 is 28.7 Å². The fraction of sp³-hybridized carbons (Fsp3) is 0.190. The molecule has 9 heteroatoms. The Hall–Kier alpha value is -4.01. The Morgan fingerprint density at radius 1 is 1.00 bits per heavy atom. The number of imide groups is 1. The van der Waals surface area contributed by atoms with Gasteiger partial charge in [-0.2, -0.15) is 9.78 Å². The second-order valence-corrected chi connectivity index (χ2v) is 6.87. The van der Waals surface area contributed by atoms with Gasteiger partial charge in [-0.3, -0.25) is 14.9 Å². The maximum absolute atomic E-state index is 13.0. The van der Waals surface area contributed by atoms with Crippen LogP contribution in [0.25, 0.3) is 16.5 Å². The molecule has 1 atom stereocenters. The lowest BCUT2D eigenvalue weighted by atomic mass is 10.1. The van der Waals surface area contributed by atoms with Gasteiger partial charge in [0, 0.05) is 5.39 Å². The summed E-state index contributed by atoms with van der Waals surface area (Å²) < 4.78 is 6.47. The second kappa shape index (κ2) is 8.56. The van der Waals surface area contributed by atoms with Gasteiger partial charge in [0.25, 0.3) is 11.5 Å². The highest BCUT2D eigenvalue weighted by Gasteiger charge is 2.29. The van der Waals surface area contributed by atoms with E-state index in [1.54, 1.807) is 68.4 Å². The Kier molecular flexibility index (Phi) is 5.91. The van der Waals surface area contributed by atoms with Crippen LogP contribution in [0.3, 0.4) is 0 Å². The lowest BCUT2D eigenvalue weighted by molar-refractivity contribution is -0.130. The van der Waals surface area contributed by atoms with Crippen LogP contribution in [0.2, 0.25) is 0 Å². The molecule has 9 nitrogen and oxygen atoms in total. The predicted octanol–water partition coefficient (Wildman–Crippen LogP) is 1.76. The molecule has 3 rings (SSSR count). The van der Waals surface area contributed by atoms with Gasteiger partial charge in [0.15, 0.2) is 11.8 Å². The Bertz CT molecular complexity index is 1170. The number of fused-ring (bicyclic) bond motifs is 1. The van der Waals surface area contributed by atoms with E-state index in [-0.39, 0.29) is 16.5 Å². The summed E-state index contributed by atoms with van der Waals surface area (Å²) >= 11 is 0. The normalized spacial score (nSPS) is 11.8. The molecule has 0 aliphatic rings. The van der Waals surface area contributed by atoms with E-state index in [0.717, 1.165) is 4.68 Å². The molecule has 0 saturated carbocycles. The quantitative estimate of drug-likeness (QED) is 0.618. The van der Waals surface area contributed by atoms with Crippen LogP contribution >= 0.6 is 0 Å². The molecule has 1 heterocycles. The number of rotatable bonds is 5. The number of carbonyl (C=O) groups is 3. The number of carbonyl (C=O) groups excluding carboxylic acids is 3. The number of urea groups is 1. The van der Waals surface area contributed by atoms with Crippen LogP contribution in [0.1, 0.15) is 24.3 Å². The number of esters is 1. The summed E-state index contributed by atoms with van der Waals surface area (Å²) in [6, 6.07) is 14.0. The van der Waals surface area contributed by atoms with E-state index in [4.69, 9.17) is 10.5 Å². The lowest BCUT2D eigenvalue weighted by Crippen LogP contribution is -2.45. The van der Waals surface area contributed by atoms with Crippen LogP contribution in [-0.2, 0) is 9.53 Å². The molecule has 0 unspecified atom stereocenters. The first-order valence-electron chi connectivity index (χ1n) is 9.18. The molecule has 0 spiro atoms. The largest absolute Gasteiger partial charge is 0.447 e. The third kappa shape index (κ3) is 4.19. The van der Waals surface area contributed by atoms with E-state index >= 15 is 0 Å². The van der Waals surface area contributed by atoms with Gasteiger partial charge in [-0.15, -0.1) is 0 Å². The maximum Gasteiger partial charge on any atom is 0.360 e. The SMILES string of the molecule is CC(C)[C@@H](OC(=O)c1nn(-c2ccccc2)c(=O)c2ccccc12)C(=O)NC(N)=O. The summed E-state index contributed by atoms with van der Waals surface area (Å²) in [5, 5.41) is 6.68. The summed E-state index contributed by atoms with van der Waals surface area (Å²) in [7, 11) is 0.